The molecule has 4 nitrogen and oxygen atoms in total. The third-order valence-electron chi connectivity index (χ3n) is 4.17. The summed E-state index contributed by atoms with van der Waals surface area (Å²) in [6.07, 6.45) is 4.82. The number of hydrogen-bond donors (Lipinski definition) is 1. The van der Waals surface area contributed by atoms with Gasteiger partial charge in [-0.1, -0.05) is 6.92 Å². The second-order valence-corrected chi connectivity index (χ2v) is 5.94. The van der Waals surface area contributed by atoms with Crippen molar-refractivity contribution in [1.82, 2.24) is 10.2 Å². The fourth-order valence-corrected chi connectivity index (χ4v) is 2.89. The Morgan fingerprint density at radius 3 is 2.68 bits per heavy atom. The van der Waals surface area contributed by atoms with E-state index in [-0.39, 0.29) is 11.5 Å². The van der Waals surface area contributed by atoms with E-state index in [0.29, 0.717) is 12.5 Å². The molecule has 0 aromatic rings. The summed E-state index contributed by atoms with van der Waals surface area (Å²) in [5.74, 6) is -0.0957. The minimum Gasteiger partial charge on any atom is -0.469 e. The molecule has 0 aromatic carbocycles. The minimum absolute atomic E-state index is 0.0628. The van der Waals surface area contributed by atoms with Gasteiger partial charge < -0.3 is 15.0 Å². The van der Waals surface area contributed by atoms with E-state index in [1.807, 2.05) is 0 Å². The third kappa shape index (κ3) is 5.11. The summed E-state index contributed by atoms with van der Waals surface area (Å²) in [4.78, 5) is 14.2. The molecule has 0 saturated carbocycles. The molecule has 1 heterocycles. The SMILES string of the molecule is CCCNC1(CC(=O)OC)CCCN(C(C)C)CC1. The molecule has 0 aromatic heterocycles. The number of nitrogens with zero attached hydrogens (tertiary/aromatic N) is 1. The van der Waals surface area contributed by atoms with E-state index in [2.05, 4.69) is 31.0 Å². The van der Waals surface area contributed by atoms with Crippen molar-refractivity contribution in [1.29, 1.82) is 0 Å². The first-order valence-corrected chi connectivity index (χ1v) is 7.59. The van der Waals surface area contributed by atoms with Gasteiger partial charge in [0.1, 0.15) is 0 Å². The summed E-state index contributed by atoms with van der Waals surface area (Å²) in [7, 11) is 1.48. The first-order chi connectivity index (χ1) is 9.03. The van der Waals surface area contributed by atoms with Crippen molar-refractivity contribution in [2.45, 2.75) is 64.5 Å². The van der Waals surface area contributed by atoms with E-state index < -0.39 is 0 Å². The van der Waals surface area contributed by atoms with Gasteiger partial charge in [-0.15, -0.1) is 0 Å². The molecule has 1 atom stereocenters. The highest BCUT2D eigenvalue weighted by Gasteiger charge is 2.34. The fraction of sp³-hybridized carbons (Fsp3) is 0.933. The molecule has 1 N–H and O–H groups in total. The first kappa shape index (κ1) is 16.4. The Morgan fingerprint density at radius 1 is 1.37 bits per heavy atom. The van der Waals surface area contributed by atoms with Crippen LogP contribution in [-0.4, -0.2) is 49.2 Å². The Bertz CT molecular complexity index is 281. The Labute approximate surface area is 117 Å². The molecule has 0 spiro atoms. The molecule has 1 unspecified atom stereocenters. The fourth-order valence-electron chi connectivity index (χ4n) is 2.89. The Hall–Kier alpha value is -0.610. The van der Waals surface area contributed by atoms with Crippen molar-refractivity contribution >= 4 is 5.97 Å². The minimum atomic E-state index is -0.0957. The molecule has 0 radical (unpaired) electrons. The average molecular weight is 270 g/mol. The zero-order valence-electron chi connectivity index (χ0n) is 13.0. The number of rotatable bonds is 6. The molecule has 1 rings (SSSR count). The van der Waals surface area contributed by atoms with Gasteiger partial charge in [-0.3, -0.25) is 4.79 Å². The highest BCUT2D eigenvalue weighted by Crippen LogP contribution is 2.27. The molecule has 1 fully saturated rings. The number of likely N-dealkylation sites (tertiary alicyclic amines) is 1. The molecule has 0 bridgehead atoms. The van der Waals surface area contributed by atoms with Gasteiger partial charge in [0, 0.05) is 18.1 Å². The van der Waals surface area contributed by atoms with Crippen LogP contribution in [0.2, 0.25) is 0 Å². The van der Waals surface area contributed by atoms with Crippen LogP contribution in [0.4, 0.5) is 0 Å². The maximum atomic E-state index is 11.7. The van der Waals surface area contributed by atoms with Gasteiger partial charge in [-0.25, -0.2) is 0 Å². The van der Waals surface area contributed by atoms with Gasteiger partial charge >= 0.3 is 5.97 Å². The van der Waals surface area contributed by atoms with E-state index in [9.17, 15) is 4.79 Å². The van der Waals surface area contributed by atoms with Crippen LogP contribution >= 0.6 is 0 Å². The van der Waals surface area contributed by atoms with Gasteiger partial charge in [-0.2, -0.15) is 0 Å². The zero-order chi connectivity index (χ0) is 14.3. The van der Waals surface area contributed by atoms with E-state index in [4.69, 9.17) is 4.74 Å². The largest absolute Gasteiger partial charge is 0.469 e. The Kier molecular flexibility index (Phi) is 6.80. The highest BCUT2D eigenvalue weighted by atomic mass is 16.5. The molecule has 4 heteroatoms. The summed E-state index contributed by atoms with van der Waals surface area (Å²) in [6, 6.07) is 0.583. The first-order valence-electron chi connectivity index (χ1n) is 7.59. The molecular weight excluding hydrogens is 240 g/mol. The molecule has 19 heavy (non-hydrogen) atoms. The predicted molar refractivity (Wildman–Crippen MR) is 78.2 cm³/mol. The molecule has 0 amide bonds. The molecule has 1 aliphatic rings. The van der Waals surface area contributed by atoms with E-state index in [1.165, 1.54) is 7.11 Å². The van der Waals surface area contributed by atoms with Crippen LogP contribution in [0.15, 0.2) is 0 Å². The number of methoxy groups -OCH3 is 1. The third-order valence-corrected chi connectivity index (χ3v) is 4.17. The molecule has 1 saturated heterocycles. The van der Waals surface area contributed by atoms with Crippen LogP contribution in [0, 0.1) is 0 Å². The molecule has 1 aliphatic heterocycles. The van der Waals surface area contributed by atoms with Crippen molar-refractivity contribution in [3.05, 3.63) is 0 Å². The highest BCUT2D eigenvalue weighted by molar-refractivity contribution is 5.70. The number of ether oxygens (including phenoxy) is 1. The summed E-state index contributed by atoms with van der Waals surface area (Å²) in [5.41, 5.74) is -0.0628. The lowest BCUT2D eigenvalue weighted by molar-refractivity contribution is -0.142. The summed E-state index contributed by atoms with van der Waals surface area (Å²) >= 11 is 0. The van der Waals surface area contributed by atoms with Crippen molar-refractivity contribution in [3.63, 3.8) is 0 Å². The average Bonchev–Trinajstić information content (AvgIpc) is 2.59. The lowest BCUT2D eigenvalue weighted by Gasteiger charge is -2.33. The van der Waals surface area contributed by atoms with Crippen molar-refractivity contribution in [3.8, 4) is 0 Å². The predicted octanol–water partition coefficient (Wildman–Crippen LogP) is 2.18. The van der Waals surface area contributed by atoms with Crippen LogP contribution in [-0.2, 0) is 9.53 Å². The number of carbonyl (C=O) groups is 1. The van der Waals surface area contributed by atoms with Crippen LogP contribution < -0.4 is 5.32 Å². The smallest absolute Gasteiger partial charge is 0.307 e. The number of esters is 1. The second kappa shape index (κ2) is 7.85. The van der Waals surface area contributed by atoms with E-state index in [0.717, 1.165) is 45.3 Å². The monoisotopic (exact) mass is 270 g/mol. The van der Waals surface area contributed by atoms with Gasteiger partial charge in [-0.05, 0) is 52.6 Å². The molecular formula is C15H30N2O2. The topological polar surface area (TPSA) is 41.6 Å². The van der Waals surface area contributed by atoms with Crippen LogP contribution in [0.1, 0.15) is 52.9 Å². The zero-order valence-corrected chi connectivity index (χ0v) is 13.0. The summed E-state index contributed by atoms with van der Waals surface area (Å²) in [6.45, 7) is 9.81. The lowest BCUT2D eigenvalue weighted by atomic mass is 9.86. The van der Waals surface area contributed by atoms with Gasteiger partial charge in [0.2, 0.25) is 0 Å². The standard InChI is InChI=1S/C15H30N2O2/c1-5-9-16-15(12-14(18)19-4)7-6-10-17(11-8-15)13(2)3/h13,16H,5-12H2,1-4H3. The van der Waals surface area contributed by atoms with Crippen molar-refractivity contribution in [2.24, 2.45) is 0 Å². The lowest BCUT2D eigenvalue weighted by Crippen LogP contribution is -2.48. The molecule has 0 aliphatic carbocycles. The maximum absolute atomic E-state index is 11.7. The van der Waals surface area contributed by atoms with Crippen molar-refractivity contribution < 1.29 is 9.53 Å². The Balaban J connectivity index is 2.70. The Morgan fingerprint density at radius 2 is 2.11 bits per heavy atom. The molecule has 112 valence electrons. The number of nitrogens with one attached hydrogen (secondary N) is 1. The number of hydrogen-bond acceptors (Lipinski definition) is 4. The van der Waals surface area contributed by atoms with Crippen LogP contribution in [0.25, 0.3) is 0 Å². The summed E-state index contributed by atoms with van der Waals surface area (Å²) in [5, 5.41) is 3.62. The maximum Gasteiger partial charge on any atom is 0.307 e. The van der Waals surface area contributed by atoms with Crippen LogP contribution in [0.5, 0.6) is 0 Å². The van der Waals surface area contributed by atoms with Gasteiger partial charge in [0.15, 0.2) is 0 Å². The normalized spacial score (nSPS) is 25.3. The van der Waals surface area contributed by atoms with Gasteiger partial charge in [0.25, 0.3) is 0 Å². The van der Waals surface area contributed by atoms with Crippen LogP contribution in [0.3, 0.4) is 0 Å². The van der Waals surface area contributed by atoms with Crippen molar-refractivity contribution in [2.75, 3.05) is 26.7 Å². The summed E-state index contributed by atoms with van der Waals surface area (Å²) < 4.78 is 4.88. The number of carbonyl (C=O) groups excluding carboxylic acids is 1. The van der Waals surface area contributed by atoms with Gasteiger partial charge in [0.05, 0.1) is 13.5 Å². The van der Waals surface area contributed by atoms with E-state index >= 15 is 0 Å². The van der Waals surface area contributed by atoms with E-state index in [1.54, 1.807) is 0 Å². The second-order valence-electron chi connectivity index (χ2n) is 5.94. The quantitative estimate of drug-likeness (QED) is 0.751.